The van der Waals surface area contributed by atoms with Crippen LogP contribution in [-0.4, -0.2) is 16.8 Å². The van der Waals surface area contributed by atoms with E-state index in [0.717, 1.165) is 21.8 Å². The van der Waals surface area contributed by atoms with Gasteiger partial charge in [-0.1, -0.05) is 23.7 Å². The van der Waals surface area contributed by atoms with Crippen LogP contribution in [-0.2, 0) is 12.7 Å². The van der Waals surface area contributed by atoms with Crippen LogP contribution >= 0.6 is 11.6 Å². The molecule has 22 heavy (non-hydrogen) atoms. The Morgan fingerprint density at radius 3 is 2.68 bits per heavy atom. The Kier molecular flexibility index (Phi) is 4.43. The predicted octanol–water partition coefficient (Wildman–Crippen LogP) is 2.27. The number of halogens is 4. The van der Waals surface area contributed by atoms with Gasteiger partial charge >= 0.3 is 6.18 Å². The first-order valence-corrected chi connectivity index (χ1v) is 6.48. The zero-order valence-corrected chi connectivity index (χ0v) is 12.2. The van der Waals surface area contributed by atoms with Gasteiger partial charge in [-0.2, -0.15) is 18.3 Å². The monoisotopic (exact) mass is 332 g/mol. The number of rotatable bonds is 3. The zero-order valence-electron chi connectivity index (χ0n) is 11.4. The van der Waals surface area contributed by atoms with Crippen molar-refractivity contribution in [2.24, 2.45) is 5.84 Å². The van der Waals surface area contributed by atoms with Crippen molar-refractivity contribution in [2.75, 3.05) is 12.1 Å². The summed E-state index contributed by atoms with van der Waals surface area (Å²) in [4.78, 5) is 12.0. The summed E-state index contributed by atoms with van der Waals surface area (Å²) >= 11 is 5.89. The van der Waals surface area contributed by atoms with Gasteiger partial charge in [-0.3, -0.25) is 4.79 Å². The van der Waals surface area contributed by atoms with Crippen molar-refractivity contribution in [3.63, 3.8) is 0 Å². The molecule has 0 saturated carbocycles. The van der Waals surface area contributed by atoms with Gasteiger partial charge in [0, 0.05) is 7.05 Å². The quantitative estimate of drug-likeness (QED) is 0.692. The van der Waals surface area contributed by atoms with Crippen LogP contribution in [0.15, 0.2) is 35.3 Å². The van der Waals surface area contributed by atoms with Gasteiger partial charge in [-0.15, -0.1) is 0 Å². The van der Waals surface area contributed by atoms with Crippen molar-refractivity contribution >= 4 is 17.3 Å². The molecule has 1 aromatic heterocycles. The molecule has 0 aliphatic heterocycles. The van der Waals surface area contributed by atoms with E-state index in [1.165, 1.54) is 25.4 Å². The number of alkyl halides is 3. The largest absolute Gasteiger partial charge is 0.416 e. The lowest BCUT2D eigenvalue weighted by atomic mass is 10.1. The fourth-order valence-electron chi connectivity index (χ4n) is 1.83. The van der Waals surface area contributed by atoms with Crippen LogP contribution < -0.4 is 16.4 Å². The van der Waals surface area contributed by atoms with Crippen molar-refractivity contribution < 1.29 is 13.2 Å². The highest BCUT2D eigenvalue weighted by Crippen LogP contribution is 2.29. The van der Waals surface area contributed by atoms with Crippen LogP contribution in [0.3, 0.4) is 0 Å². The predicted molar refractivity (Wildman–Crippen MR) is 76.6 cm³/mol. The van der Waals surface area contributed by atoms with E-state index in [0.29, 0.717) is 0 Å². The van der Waals surface area contributed by atoms with Crippen molar-refractivity contribution in [3.8, 4) is 0 Å². The van der Waals surface area contributed by atoms with Gasteiger partial charge < -0.3 is 5.01 Å². The van der Waals surface area contributed by atoms with E-state index >= 15 is 0 Å². The summed E-state index contributed by atoms with van der Waals surface area (Å²) in [6.07, 6.45) is -3.17. The van der Waals surface area contributed by atoms with E-state index in [-0.39, 0.29) is 22.8 Å². The first-order valence-electron chi connectivity index (χ1n) is 6.10. The average Bonchev–Trinajstić information content (AvgIpc) is 2.43. The standard InChI is InChI=1S/C13H12ClF3N4O/c1-20(18)10-6-19-21(12(22)11(10)14)7-8-3-2-4-9(5-8)13(15,16)17/h2-6H,7,18H2,1H3. The van der Waals surface area contributed by atoms with E-state index in [1.807, 2.05) is 0 Å². The molecule has 1 aromatic carbocycles. The summed E-state index contributed by atoms with van der Waals surface area (Å²) in [5.41, 5.74) is -0.905. The summed E-state index contributed by atoms with van der Waals surface area (Å²) in [6.45, 7) is -0.128. The lowest BCUT2D eigenvalue weighted by Gasteiger charge is -2.14. The number of anilines is 1. The molecule has 0 unspecified atom stereocenters. The molecule has 0 fully saturated rings. The number of nitrogens with zero attached hydrogens (tertiary/aromatic N) is 3. The lowest BCUT2D eigenvalue weighted by molar-refractivity contribution is -0.137. The highest BCUT2D eigenvalue weighted by Gasteiger charge is 2.30. The Balaban J connectivity index is 2.36. The number of hydrogen-bond acceptors (Lipinski definition) is 4. The molecule has 0 aliphatic carbocycles. The van der Waals surface area contributed by atoms with Crippen LogP contribution in [0.4, 0.5) is 18.9 Å². The van der Waals surface area contributed by atoms with Gasteiger partial charge in [-0.05, 0) is 17.7 Å². The van der Waals surface area contributed by atoms with Crippen LogP contribution in [0.2, 0.25) is 5.02 Å². The molecule has 0 saturated heterocycles. The topological polar surface area (TPSA) is 64.2 Å². The SMILES string of the molecule is CN(N)c1cnn(Cc2cccc(C(F)(F)F)c2)c(=O)c1Cl. The lowest BCUT2D eigenvalue weighted by Crippen LogP contribution is -2.31. The van der Waals surface area contributed by atoms with Crippen molar-refractivity contribution in [2.45, 2.75) is 12.7 Å². The molecular formula is C13H12ClF3N4O. The molecule has 2 aromatic rings. The van der Waals surface area contributed by atoms with Gasteiger partial charge in [0.25, 0.3) is 5.56 Å². The van der Waals surface area contributed by atoms with Crippen LogP contribution in [0.25, 0.3) is 0 Å². The summed E-state index contributed by atoms with van der Waals surface area (Å²) < 4.78 is 39.0. The Bertz CT molecular complexity index is 743. The Labute approximate surface area is 128 Å². The summed E-state index contributed by atoms with van der Waals surface area (Å²) in [5.74, 6) is 5.49. The number of nitrogens with two attached hydrogens (primary N) is 1. The van der Waals surface area contributed by atoms with Crippen LogP contribution in [0.1, 0.15) is 11.1 Å². The first-order chi connectivity index (χ1) is 10.2. The minimum Gasteiger partial charge on any atom is -0.311 e. The molecule has 118 valence electrons. The highest BCUT2D eigenvalue weighted by molar-refractivity contribution is 6.32. The van der Waals surface area contributed by atoms with Crippen molar-refractivity contribution in [3.05, 3.63) is 57.0 Å². The van der Waals surface area contributed by atoms with Gasteiger partial charge in [0.1, 0.15) is 5.02 Å². The second kappa shape index (κ2) is 5.98. The van der Waals surface area contributed by atoms with Crippen molar-refractivity contribution in [1.82, 2.24) is 9.78 Å². The molecular weight excluding hydrogens is 321 g/mol. The molecule has 5 nitrogen and oxygen atoms in total. The molecule has 9 heteroatoms. The maximum absolute atomic E-state index is 12.7. The van der Waals surface area contributed by atoms with Gasteiger partial charge in [0.2, 0.25) is 0 Å². The van der Waals surface area contributed by atoms with E-state index in [4.69, 9.17) is 17.4 Å². The van der Waals surface area contributed by atoms with E-state index in [2.05, 4.69) is 5.10 Å². The van der Waals surface area contributed by atoms with E-state index in [1.54, 1.807) is 0 Å². The minimum atomic E-state index is -4.45. The van der Waals surface area contributed by atoms with Gasteiger partial charge in [0.15, 0.2) is 0 Å². The number of aromatic nitrogens is 2. The maximum atomic E-state index is 12.7. The third-order valence-corrected chi connectivity index (χ3v) is 3.29. The molecule has 0 radical (unpaired) electrons. The minimum absolute atomic E-state index is 0.128. The molecule has 0 bridgehead atoms. The smallest absolute Gasteiger partial charge is 0.311 e. The molecule has 2 N–H and O–H groups in total. The third-order valence-electron chi connectivity index (χ3n) is 2.93. The number of hydrazine groups is 1. The molecule has 2 rings (SSSR count). The Hall–Kier alpha value is -2.06. The molecule has 0 amide bonds. The molecule has 0 atom stereocenters. The number of hydrogen-bond donors (Lipinski definition) is 1. The summed E-state index contributed by atoms with van der Waals surface area (Å²) in [5, 5.41) is 4.85. The Morgan fingerprint density at radius 2 is 2.09 bits per heavy atom. The number of benzene rings is 1. The van der Waals surface area contributed by atoms with Gasteiger partial charge in [-0.25, -0.2) is 10.5 Å². The fourth-order valence-corrected chi connectivity index (χ4v) is 2.11. The first kappa shape index (κ1) is 16.3. The fraction of sp³-hybridized carbons (Fsp3) is 0.231. The second-order valence-electron chi connectivity index (χ2n) is 4.62. The van der Waals surface area contributed by atoms with Crippen LogP contribution in [0, 0.1) is 0 Å². The van der Waals surface area contributed by atoms with Crippen molar-refractivity contribution in [1.29, 1.82) is 0 Å². The molecule has 0 spiro atoms. The highest BCUT2D eigenvalue weighted by atomic mass is 35.5. The second-order valence-corrected chi connectivity index (χ2v) is 4.99. The van der Waals surface area contributed by atoms with Crippen LogP contribution in [0.5, 0.6) is 0 Å². The summed E-state index contributed by atoms with van der Waals surface area (Å²) in [7, 11) is 1.49. The van der Waals surface area contributed by atoms with Gasteiger partial charge in [0.05, 0.1) is 24.0 Å². The van der Waals surface area contributed by atoms with E-state index < -0.39 is 17.3 Å². The molecule has 1 heterocycles. The zero-order chi connectivity index (χ0) is 16.5. The van der Waals surface area contributed by atoms with E-state index in [9.17, 15) is 18.0 Å². The molecule has 0 aliphatic rings. The maximum Gasteiger partial charge on any atom is 0.416 e. The normalized spacial score (nSPS) is 11.5. The third kappa shape index (κ3) is 3.40. The Morgan fingerprint density at radius 1 is 1.41 bits per heavy atom. The summed E-state index contributed by atoms with van der Waals surface area (Å²) in [6, 6.07) is 4.66. The average molecular weight is 333 g/mol.